The number of halogens is 2. The Labute approximate surface area is 115 Å². The third kappa shape index (κ3) is 3.43. The van der Waals surface area contributed by atoms with Crippen molar-refractivity contribution >= 4 is 17.6 Å². The molecule has 1 aromatic carbocycles. The predicted molar refractivity (Wildman–Crippen MR) is 68.8 cm³/mol. The molecule has 0 saturated carbocycles. The fourth-order valence-corrected chi connectivity index (χ4v) is 2.31. The molecule has 104 valence electrons. The number of aliphatic carboxylic acids is 1. The normalized spacial score (nSPS) is 20.4. The Balaban J connectivity index is 2.10. The maximum absolute atomic E-state index is 13.8. The van der Waals surface area contributed by atoms with E-state index in [9.17, 15) is 14.3 Å². The zero-order valence-electron chi connectivity index (χ0n) is 10.2. The third-order valence-corrected chi connectivity index (χ3v) is 3.40. The van der Waals surface area contributed by atoms with Crippen molar-refractivity contribution in [3.05, 3.63) is 34.6 Å². The molecule has 0 radical (unpaired) electrons. The van der Waals surface area contributed by atoms with Gasteiger partial charge < -0.3 is 9.84 Å². The van der Waals surface area contributed by atoms with Crippen LogP contribution in [0.3, 0.4) is 0 Å². The summed E-state index contributed by atoms with van der Waals surface area (Å²) in [5.41, 5.74) is 0.0398. The van der Waals surface area contributed by atoms with Gasteiger partial charge in [0.25, 0.3) is 0 Å². The average Bonchev–Trinajstić information content (AvgIpc) is 2.87. The monoisotopic (exact) mass is 287 g/mol. The van der Waals surface area contributed by atoms with E-state index in [2.05, 4.69) is 5.32 Å². The molecule has 0 amide bonds. The van der Waals surface area contributed by atoms with Crippen LogP contribution in [0.5, 0.6) is 0 Å². The van der Waals surface area contributed by atoms with Crippen LogP contribution in [0.15, 0.2) is 18.2 Å². The number of carboxylic acids is 1. The quantitative estimate of drug-likeness (QED) is 0.873. The average molecular weight is 288 g/mol. The number of carboxylic acid groups (broad SMARTS) is 1. The zero-order valence-corrected chi connectivity index (χ0v) is 11.0. The molecule has 2 unspecified atom stereocenters. The van der Waals surface area contributed by atoms with Gasteiger partial charge in [-0.3, -0.25) is 10.1 Å². The second kappa shape index (κ2) is 6.32. The predicted octanol–water partition coefficient (Wildman–Crippen LogP) is 2.37. The molecule has 0 spiro atoms. The summed E-state index contributed by atoms with van der Waals surface area (Å²) in [6.07, 6.45) is 1.84. The topological polar surface area (TPSA) is 58.6 Å². The highest BCUT2D eigenvalue weighted by Gasteiger charge is 2.25. The van der Waals surface area contributed by atoms with Crippen LogP contribution < -0.4 is 5.32 Å². The first kappa shape index (κ1) is 14.2. The van der Waals surface area contributed by atoms with E-state index in [-0.39, 0.29) is 16.7 Å². The van der Waals surface area contributed by atoms with Crippen LogP contribution in [-0.4, -0.2) is 30.3 Å². The molecule has 2 atom stereocenters. The Hall–Kier alpha value is -1.17. The molecular formula is C13H15ClFNO3. The van der Waals surface area contributed by atoms with Crippen LogP contribution >= 0.6 is 11.6 Å². The molecule has 0 aliphatic carbocycles. The van der Waals surface area contributed by atoms with Crippen molar-refractivity contribution < 1.29 is 19.0 Å². The summed E-state index contributed by atoms with van der Waals surface area (Å²) in [6, 6.07) is 3.22. The largest absolute Gasteiger partial charge is 0.480 e. The lowest BCUT2D eigenvalue weighted by Crippen LogP contribution is -2.35. The molecule has 1 fully saturated rings. The highest BCUT2D eigenvalue weighted by molar-refractivity contribution is 6.30. The minimum atomic E-state index is -1.14. The van der Waals surface area contributed by atoms with Crippen LogP contribution in [0.4, 0.5) is 4.39 Å². The maximum Gasteiger partial charge on any atom is 0.325 e. The summed E-state index contributed by atoms with van der Waals surface area (Å²) in [5.74, 6) is -1.84. The molecular weight excluding hydrogens is 273 g/mol. The van der Waals surface area contributed by atoms with E-state index in [4.69, 9.17) is 16.3 Å². The molecule has 2 N–H and O–H groups in total. The number of carbonyl (C=O) groups is 1. The van der Waals surface area contributed by atoms with Gasteiger partial charge in [-0.2, -0.15) is 0 Å². The summed E-state index contributed by atoms with van der Waals surface area (Å²) < 4.78 is 19.2. The van der Waals surface area contributed by atoms with Crippen molar-refractivity contribution in [1.82, 2.24) is 5.32 Å². The standard InChI is InChI=1S/C13H15ClFNO3/c14-10-5-1-4-9(11(10)15)12(13(17)18)16-7-8-3-2-6-19-8/h1,4-5,8,12,16H,2-3,6-7H2,(H,17,18). The van der Waals surface area contributed by atoms with E-state index < -0.39 is 17.8 Å². The second-order valence-electron chi connectivity index (χ2n) is 4.46. The van der Waals surface area contributed by atoms with Crippen molar-refractivity contribution in [3.63, 3.8) is 0 Å². The molecule has 1 heterocycles. The van der Waals surface area contributed by atoms with E-state index in [0.29, 0.717) is 13.2 Å². The SMILES string of the molecule is O=C(O)C(NCC1CCCO1)c1cccc(Cl)c1F. The van der Waals surface area contributed by atoms with E-state index in [1.807, 2.05) is 0 Å². The molecule has 4 nitrogen and oxygen atoms in total. The van der Waals surface area contributed by atoms with E-state index in [1.54, 1.807) is 0 Å². The summed E-state index contributed by atoms with van der Waals surface area (Å²) in [4.78, 5) is 11.3. The molecule has 6 heteroatoms. The van der Waals surface area contributed by atoms with Crippen molar-refractivity contribution in [2.24, 2.45) is 0 Å². The second-order valence-corrected chi connectivity index (χ2v) is 4.86. The van der Waals surface area contributed by atoms with Gasteiger partial charge in [0, 0.05) is 18.7 Å². The summed E-state index contributed by atoms with van der Waals surface area (Å²) in [6.45, 7) is 1.07. The third-order valence-electron chi connectivity index (χ3n) is 3.11. The smallest absolute Gasteiger partial charge is 0.325 e. The van der Waals surface area contributed by atoms with Crippen LogP contribution in [0.2, 0.25) is 5.02 Å². The first-order chi connectivity index (χ1) is 9.09. The van der Waals surface area contributed by atoms with E-state index in [0.717, 1.165) is 12.8 Å². The van der Waals surface area contributed by atoms with Gasteiger partial charge in [-0.05, 0) is 18.9 Å². The highest BCUT2D eigenvalue weighted by Crippen LogP contribution is 2.24. The van der Waals surface area contributed by atoms with Crippen molar-refractivity contribution in [3.8, 4) is 0 Å². The maximum atomic E-state index is 13.8. The molecule has 2 rings (SSSR count). The summed E-state index contributed by atoms with van der Waals surface area (Å²) >= 11 is 5.67. The highest BCUT2D eigenvalue weighted by atomic mass is 35.5. The van der Waals surface area contributed by atoms with Crippen molar-refractivity contribution in [1.29, 1.82) is 0 Å². The Morgan fingerprint density at radius 1 is 1.63 bits per heavy atom. The number of nitrogens with one attached hydrogen (secondary N) is 1. The van der Waals surface area contributed by atoms with Gasteiger partial charge >= 0.3 is 5.97 Å². The van der Waals surface area contributed by atoms with Crippen molar-refractivity contribution in [2.45, 2.75) is 25.0 Å². The molecule has 1 saturated heterocycles. The minimum Gasteiger partial charge on any atom is -0.480 e. The van der Waals surface area contributed by atoms with Gasteiger partial charge in [0.05, 0.1) is 11.1 Å². The van der Waals surface area contributed by atoms with Gasteiger partial charge in [-0.25, -0.2) is 4.39 Å². The Morgan fingerprint density at radius 2 is 2.42 bits per heavy atom. The fraction of sp³-hybridized carbons (Fsp3) is 0.462. The number of rotatable bonds is 5. The lowest BCUT2D eigenvalue weighted by Gasteiger charge is -2.18. The van der Waals surface area contributed by atoms with E-state index in [1.165, 1.54) is 18.2 Å². The number of ether oxygens (including phenoxy) is 1. The van der Waals surface area contributed by atoms with Gasteiger partial charge in [0.15, 0.2) is 0 Å². The molecule has 1 aromatic rings. The van der Waals surface area contributed by atoms with Gasteiger partial charge in [0.2, 0.25) is 0 Å². The Kier molecular flexibility index (Phi) is 4.74. The lowest BCUT2D eigenvalue weighted by atomic mass is 10.1. The number of benzene rings is 1. The van der Waals surface area contributed by atoms with Crippen molar-refractivity contribution in [2.75, 3.05) is 13.2 Å². The molecule has 0 bridgehead atoms. The van der Waals surface area contributed by atoms with Crippen LogP contribution in [0.25, 0.3) is 0 Å². The summed E-state index contributed by atoms with van der Waals surface area (Å²) in [5, 5.41) is 11.9. The molecule has 19 heavy (non-hydrogen) atoms. The number of hydrogen-bond acceptors (Lipinski definition) is 3. The van der Waals surface area contributed by atoms with Crippen LogP contribution in [0.1, 0.15) is 24.4 Å². The minimum absolute atomic E-state index is 0.0101. The van der Waals surface area contributed by atoms with Gasteiger partial charge in [-0.1, -0.05) is 23.7 Å². The first-order valence-corrected chi connectivity index (χ1v) is 6.49. The Morgan fingerprint density at radius 3 is 3.05 bits per heavy atom. The molecule has 0 aromatic heterocycles. The van der Waals surface area contributed by atoms with Crippen LogP contribution in [0, 0.1) is 5.82 Å². The van der Waals surface area contributed by atoms with Crippen LogP contribution in [-0.2, 0) is 9.53 Å². The zero-order chi connectivity index (χ0) is 13.8. The first-order valence-electron chi connectivity index (χ1n) is 6.11. The Bertz CT molecular complexity index is 463. The molecule has 1 aliphatic rings. The molecule has 1 aliphatic heterocycles. The lowest BCUT2D eigenvalue weighted by molar-refractivity contribution is -0.139. The number of hydrogen-bond donors (Lipinski definition) is 2. The fourth-order valence-electron chi connectivity index (χ4n) is 2.13. The van der Waals surface area contributed by atoms with Gasteiger partial charge in [-0.15, -0.1) is 0 Å². The van der Waals surface area contributed by atoms with Gasteiger partial charge in [0.1, 0.15) is 11.9 Å². The van der Waals surface area contributed by atoms with E-state index >= 15 is 0 Å². The summed E-state index contributed by atoms with van der Waals surface area (Å²) in [7, 11) is 0.